The summed E-state index contributed by atoms with van der Waals surface area (Å²) in [6.07, 6.45) is 6.35. The quantitative estimate of drug-likeness (QED) is 0.473. The van der Waals surface area contributed by atoms with Crippen LogP contribution in [0.25, 0.3) is 0 Å². The van der Waals surface area contributed by atoms with Crippen LogP contribution in [0.4, 0.5) is 0 Å². The summed E-state index contributed by atoms with van der Waals surface area (Å²) in [6.45, 7) is 0. The molecule has 0 aliphatic carbocycles. The van der Waals surface area contributed by atoms with Gasteiger partial charge in [0.1, 0.15) is 0 Å². The second-order valence-corrected chi connectivity index (χ2v) is 1.16. The first kappa shape index (κ1) is 4.21. The molecule has 0 saturated carbocycles. The van der Waals surface area contributed by atoms with Gasteiger partial charge in [-0.1, -0.05) is 0 Å². The Bertz CT molecular complexity index is 108. The lowest BCUT2D eigenvalue weighted by Crippen LogP contribution is -2.23. The zero-order valence-corrected chi connectivity index (χ0v) is 3.66. The summed E-state index contributed by atoms with van der Waals surface area (Å²) >= 11 is 0. The maximum atomic E-state index is 10.1. The lowest BCUT2D eigenvalue weighted by atomic mass is 10.5. The van der Waals surface area contributed by atoms with Crippen LogP contribution in [0.15, 0.2) is 24.6 Å². The molecule has 1 N–H and O–H groups in total. The van der Waals surface area contributed by atoms with Crippen molar-refractivity contribution in [1.82, 2.24) is 10.6 Å². The van der Waals surface area contributed by atoms with E-state index in [2.05, 4.69) is 5.43 Å². The number of hydroxylamine groups is 1. The van der Waals surface area contributed by atoms with Gasteiger partial charge in [-0.15, -0.1) is 0 Å². The first-order valence-electron chi connectivity index (χ1n) is 1.95. The van der Waals surface area contributed by atoms with Crippen molar-refractivity contribution in [1.29, 1.82) is 0 Å². The predicted octanol–water partition coefficient (Wildman–Crippen LogP) is 0.332. The minimum absolute atomic E-state index is 0.625. The Labute approximate surface area is 41.5 Å². The lowest BCUT2D eigenvalue weighted by Gasteiger charge is -2.26. The van der Waals surface area contributed by atoms with Gasteiger partial charge in [0.15, 0.2) is 0 Å². The molecule has 0 aromatic rings. The Morgan fingerprint density at radius 1 is 1.43 bits per heavy atom. The Kier molecular flexibility index (Phi) is 0.997. The number of nitrogens with one attached hydrogen (secondary N) is 1. The molecule has 0 radical (unpaired) electrons. The number of nitrogens with zero attached hydrogens (tertiary/aromatic N) is 1. The summed E-state index contributed by atoms with van der Waals surface area (Å²) in [4.78, 5) is 0. The predicted molar refractivity (Wildman–Crippen MR) is 26.6 cm³/mol. The van der Waals surface area contributed by atoms with E-state index >= 15 is 0 Å². The monoisotopic (exact) mass is 97.0 g/mol. The fourth-order valence-corrected chi connectivity index (χ4v) is 0.343. The van der Waals surface area contributed by atoms with Crippen LogP contribution in [0.3, 0.4) is 0 Å². The highest BCUT2D eigenvalue weighted by atomic mass is 16.5. The Morgan fingerprint density at radius 3 is 2.57 bits per heavy atom. The second-order valence-electron chi connectivity index (χ2n) is 1.16. The average Bonchev–Trinajstić information content (AvgIpc) is 1.69. The van der Waals surface area contributed by atoms with Gasteiger partial charge >= 0.3 is 0 Å². The van der Waals surface area contributed by atoms with Gasteiger partial charge in [0, 0.05) is 12.4 Å². The molecule has 0 spiro atoms. The maximum absolute atomic E-state index is 10.1. The normalized spacial score (nSPS) is 17.0. The molecule has 7 heavy (non-hydrogen) atoms. The van der Waals surface area contributed by atoms with Crippen LogP contribution in [0.5, 0.6) is 0 Å². The topological polar surface area (TPSA) is 38.3 Å². The van der Waals surface area contributed by atoms with E-state index in [9.17, 15) is 5.21 Å². The third kappa shape index (κ3) is 0.940. The van der Waals surface area contributed by atoms with Crippen LogP contribution in [-0.2, 0) is 0 Å². The summed E-state index contributed by atoms with van der Waals surface area (Å²) in [6, 6.07) is 0. The first-order valence-corrected chi connectivity index (χ1v) is 1.95. The number of allylic oxidation sites excluding steroid dienone is 2. The largest absolute Gasteiger partial charge is 0.739 e. The minimum Gasteiger partial charge on any atom is -0.739 e. The molecule has 1 heterocycles. The van der Waals surface area contributed by atoms with Crippen molar-refractivity contribution >= 4 is 0 Å². The van der Waals surface area contributed by atoms with Crippen LogP contribution in [0.1, 0.15) is 0 Å². The summed E-state index contributed by atoms with van der Waals surface area (Å²) in [7, 11) is 0. The molecule has 3 nitrogen and oxygen atoms in total. The number of rotatable bonds is 0. The van der Waals surface area contributed by atoms with Crippen LogP contribution in [0.2, 0.25) is 0 Å². The highest BCUT2D eigenvalue weighted by Gasteiger charge is 1.76. The van der Waals surface area contributed by atoms with Gasteiger partial charge in [0.2, 0.25) is 0 Å². The molecule has 0 bridgehead atoms. The van der Waals surface area contributed by atoms with Gasteiger partial charge in [-0.2, -0.15) is 0 Å². The summed E-state index contributed by atoms with van der Waals surface area (Å²) in [5, 5.41) is 10.8. The molecule has 1 aliphatic rings. The van der Waals surface area contributed by atoms with Crippen molar-refractivity contribution in [3.8, 4) is 0 Å². The van der Waals surface area contributed by atoms with E-state index in [1.807, 2.05) is 0 Å². The Morgan fingerprint density at radius 2 is 2.29 bits per heavy atom. The lowest BCUT2D eigenvalue weighted by molar-refractivity contribution is 0.430. The van der Waals surface area contributed by atoms with Crippen molar-refractivity contribution in [2.24, 2.45) is 0 Å². The van der Waals surface area contributed by atoms with Crippen LogP contribution in [-0.4, -0.2) is 5.17 Å². The smallest absolute Gasteiger partial charge is 0.0172 e. The highest BCUT2D eigenvalue weighted by Crippen LogP contribution is 1.86. The highest BCUT2D eigenvalue weighted by molar-refractivity contribution is 5.04. The number of hydrogen-bond acceptors (Lipinski definition) is 3. The Balaban J connectivity index is 2.49. The van der Waals surface area contributed by atoms with E-state index in [0.717, 1.165) is 0 Å². The van der Waals surface area contributed by atoms with Gasteiger partial charge in [-0.3, -0.25) is 0 Å². The fraction of sp³-hybridized carbons (Fsp3) is 0. The zero-order chi connectivity index (χ0) is 5.11. The molecule has 38 valence electrons. The van der Waals surface area contributed by atoms with Gasteiger partial charge in [-0.25, -0.2) is 0 Å². The Hall–Kier alpha value is -0.960. The van der Waals surface area contributed by atoms with Crippen LogP contribution >= 0.6 is 0 Å². The number of hydrogen-bond donors (Lipinski definition) is 1. The van der Waals surface area contributed by atoms with Gasteiger partial charge < -0.3 is 15.8 Å². The SMILES string of the molecule is [O-]N1C=CC=CN1. The van der Waals surface area contributed by atoms with Gasteiger partial charge in [0.25, 0.3) is 0 Å². The molecule has 0 atom stereocenters. The van der Waals surface area contributed by atoms with Crippen molar-refractivity contribution in [2.75, 3.05) is 0 Å². The third-order valence-electron chi connectivity index (χ3n) is 0.631. The second kappa shape index (κ2) is 1.66. The van der Waals surface area contributed by atoms with Crippen molar-refractivity contribution < 1.29 is 0 Å². The van der Waals surface area contributed by atoms with Gasteiger partial charge in [-0.05, 0) is 12.2 Å². The molecule has 0 aromatic heterocycles. The molecular weight excluding hydrogens is 92.1 g/mol. The van der Waals surface area contributed by atoms with Crippen molar-refractivity contribution in [3.63, 3.8) is 0 Å². The first-order chi connectivity index (χ1) is 3.39. The summed E-state index contributed by atoms with van der Waals surface area (Å²) in [5.41, 5.74) is 2.39. The van der Waals surface area contributed by atoms with E-state index in [0.29, 0.717) is 5.17 Å². The van der Waals surface area contributed by atoms with Gasteiger partial charge in [0.05, 0.1) is 0 Å². The van der Waals surface area contributed by atoms with E-state index < -0.39 is 0 Å². The summed E-state index contributed by atoms with van der Waals surface area (Å²) < 4.78 is 0. The minimum atomic E-state index is 0.625. The van der Waals surface area contributed by atoms with E-state index in [-0.39, 0.29) is 0 Å². The van der Waals surface area contributed by atoms with Crippen molar-refractivity contribution in [3.05, 3.63) is 29.8 Å². The molecule has 1 aliphatic heterocycles. The molecule has 0 saturated heterocycles. The molecule has 0 fully saturated rings. The molecule has 0 aromatic carbocycles. The summed E-state index contributed by atoms with van der Waals surface area (Å²) in [5.74, 6) is 0. The van der Waals surface area contributed by atoms with Crippen LogP contribution in [0, 0.1) is 5.21 Å². The van der Waals surface area contributed by atoms with Crippen molar-refractivity contribution in [2.45, 2.75) is 0 Å². The molecule has 0 unspecified atom stereocenters. The zero-order valence-electron chi connectivity index (χ0n) is 3.66. The molecule has 0 amide bonds. The molecule has 3 heteroatoms. The molecule has 1 rings (SSSR count). The average molecular weight is 97.1 g/mol. The van der Waals surface area contributed by atoms with E-state index in [4.69, 9.17) is 0 Å². The standard InChI is InChI=1S/C4H5N2O/c7-6-4-2-1-3-5-6/h1-5H/q-1. The third-order valence-corrected chi connectivity index (χ3v) is 0.631. The fourth-order valence-electron chi connectivity index (χ4n) is 0.343. The van der Waals surface area contributed by atoms with Crippen LogP contribution < -0.4 is 5.43 Å². The number of hydrazine groups is 1. The van der Waals surface area contributed by atoms with E-state index in [1.165, 1.54) is 6.20 Å². The maximum Gasteiger partial charge on any atom is 0.0172 e. The molecular formula is C4H5N2O-. The van der Waals surface area contributed by atoms with E-state index in [1.54, 1.807) is 18.4 Å².